The summed E-state index contributed by atoms with van der Waals surface area (Å²) in [5.41, 5.74) is 0.998. The minimum Gasteiger partial charge on any atom is -0.392 e. The molecule has 0 radical (unpaired) electrons. The summed E-state index contributed by atoms with van der Waals surface area (Å²) in [5.74, 6) is 0.359. The van der Waals surface area contributed by atoms with Gasteiger partial charge < -0.3 is 10.4 Å². The maximum atomic E-state index is 9.98. The highest BCUT2D eigenvalue weighted by atomic mass is 35.5. The number of hydrogen-bond acceptors (Lipinski definition) is 2. The molecule has 0 aliphatic carbocycles. The van der Waals surface area contributed by atoms with Gasteiger partial charge in [0.15, 0.2) is 0 Å². The Morgan fingerprint density at radius 2 is 1.89 bits per heavy atom. The van der Waals surface area contributed by atoms with Crippen LogP contribution in [0.4, 0.5) is 0 Å². The number of aliphatic hydroxyl groups is 1. The largest absolute Gasteiger partial charge is 0.392 e. The minimum absolute atomic E-state index is 0.300. The van der Waals surface area contributed by atoms with Crippen molar-refractivity contribution in [1.82, 2.24) is 5.32 Å². The zero-order valence-electron chi connectivity index (χ0n) is 10.9. The molecule has 0 saturated carbocycles. The second kappa shape index (κ2) is 8.00. The molecule has 0 aromatic heterocycles. The summed E-state index contributed by atoms with van der Waals surface area (Å²) in [7, 11) is 0. The standard InChI is InChI=1S/C14H21Cl2NO/c1-3-10(4-2)14(18)9-17-8-11-5-6-12(15)7-13(11)16/h5-7,10,14,17-18H,3-4,8-9H2,1-2H3. The predicted octanol–water partition coefficient (Wildman–Crippen LogP) is 3.88. The van der Waals surface area contributed by atoms with Crippen molar-refractivity contribution in [2.45, 2.75) is 39.3 Å². The number of aliphatic hydroxyl groups excluding tert-OH is 1. The first-order chi connectivity index (χ1) is 8.58. The van der Waals surface area contributed by atoms with Gasteiger partial charge in [-0.05, 0) is 23.6 Å². The fourth-order valence-corrected chi connectivity index (χ4v) is 2.49. The lowest BCUT2D eigenvalue weighted by molar-refractivity contribution is 0.101. The molecule has 2 N–H and O–H groups in total. The number of halogens is 2. The SMILES string of the molecule is CCC(CC)C(O)CNCc1ccc(Cl)cc1Cl. The van der Waals surface area contributed by atoms with Crippen LogP contribution in [0, 0.1) is 5.92 Å². The van der Waals surface area contributed by atoms with Crippen LogP contribution in [0.3, 0.4) is 0 Å². The molecule has 0 heterocycles. The van der Waals surface area contributed by atoms with Gasteiger partial charge in [0.05, 0.1) is 6.10 Å². The van der Waals surface area contributed by atoms with E-state index in [4.69, 9.17) is 23.2 Å². The van der Waals surface area contributed by atoms with Crippen molar-refractivity contribution in [3.8, 4) is 0 Å². The van der Waals surface area contributed by atoms with Crippen molar-refractivity contribution in [2.75, 3.05) is 6.54 Å². The lowest BCUT2D eigenvalue weighted by Gasteiger charge is -2.20. The zero-order valence-corrected chi connectivity index (χ0v) is 12.4. The highest BCUT2D eigenvalue weighted by molar-refractivity contribution is 6.35. The average Bonchev–Trinajstić information content (AvgIpc) is 2.33. The zero-order chi connectivity index (χ0) is 13.5. The average molecular weight is 290 g/mol. The van der Waals surface area contributed by atoms with Crippen LogP contribution >= 0.6 is 23.2 Å². The van der Waals surface area contributed by atoms with E-state index in [9.17, 15) is 5.11 Å². The maximum Gasteiger partial charge on any atom is 0.0692 e. The smallest absolute Gasteiger partial charge is 0.0692 e. The van der Waals surface area contributed by atoms with Crippen molar-refractivity contribution in [3.05, 3.63) is 33.8 Å². The number of rotatable bonds is 7. The van der Waals surface area contributed by atoms with E-state index in [1.165, 1.54) is 0 Å². The second-order valence-corrected chi connectivity index (χ2v) is 5.35. The summed E-state index contributed by atoms with van der Waals surface area (Å²) in [6.45, 7) is 5.44. The van der Waals surface area contributed by atoms with Crippen LogP contribution in [0.15, 0.2) is 18.2 Å². The van der Waals surface area contributed by atoms with Gasteiger partial charge in [-0.25, -0.2) is 0 Å². The molecule has 0 fully saturated rings. The van der Waals surface area contributed by atoms with Gasteiger partial charge in [0.2, 0.25) is 0 Å². The number of hydrogen-bond donors (Lipinski definition) is 2. The van der Waals surface area contributed by atoms with Gasteiger partial charge >= 0.3 is 0 Å². The first-order valence-electron chi connectivity index (χ1n) is 6.41. The van der Waals surface area contributed by atoms with E-state index in [0.717, 1.165) is 18.4 Å². The highest BCUT2D eigenvalue weighted by Crippen LogP contribution is 2.20. The van der Waals surface area contributed by atoms with Gasteiger partial charge in [-0.1, -0.05) is 56.0 Å². The molecule has 2 nitrogen and oxygen atoms in total. The van der Waals surface area contributed by atoms with Gasteiger partial charge in [0, 0.05) is 23.1 Å². The quantitative estimate of drug-likeness (QED) is 0.798. The van der Waals surface area contributed by atoms with E-state index in [1.54, 1.807) is 6.07 Å². The third-order valence-corrected chi connectivity index (χ3v) is 3.86. The van der Waals surface area contributed by atoms with Crippen LogP contribution in [0.5, 0.6) is 0 Å². The summed E-state index contributed by atoms with van der Waals surface area (Å²) >= 11 is 11.9. The second-order valence-electron chi connectivity index (χ2n) is 4.51. The molecule has 0 aliphatic rings. The number of benzene rings is 1. The topological polar surface area (TPSA) is 32.3 Å². The third-order valence-electron chi connectivity index (χ3n) is 3.28. The first kappa shape index (κ1) is 15.8. The van der Waals surface area contributed by atoms with Crippen LogP contribution in [-0.2, 0) is 6.54 Å². The van der Waals surface area contributed by atoms with Crippen LogP contribution in [-0.4, -0.2) is 17.8 Å². The van der Waals surface area contributed by atoms with Crippen LogP contribution in [0.1, 0.15) is 32.3 Å². The maximum absolute atomic E-state index is 9.98. The molecule has 0 spiro atoms. The van der Waals surface area contributed by atoms with Gasteiger partial charge in [-0.3, -0.25) is 0 Å². The van der Waals surface area contributed by atoms with Crippen molar-refractivity contribution in [3.63, 3.8) is 0 Å². The molecule has 1 unspecified atom stereocenters. The summed E-state index contributed by atoms with van der Waals surface area (Å²) < 4.78 is 0. The number of nitrogens with one attached hydrogen (secondary N) is 1. The molecule has 102 valence electrons. The highest BCUT2D eigenvalue weighted by Gasteiger charge is 2.14. The monoisotopic (exact) mass is 289 g/mol. The molecule has 1 aromatic rings. The van der Waals surface area contributed by atoms with Gasteiger partial charge in [0.25, 0.3) is 0 Å². The minimum atomic E-state index is -0.300. The van der Waals surface area contributed by atoms with Crippen LogP contribution in [0.25, 0.3) is 0 Å². The van der Waals surface area contributed by atoms with Crippen molar-refractivity contribution in [2.24, 2.45) is 5.92 Å². The van der Waals surface area contributed by atoms with E-state index in [2.05, 4.69) is 19.2 Å². The van der Waals surface area contributed by atoms with Crippen LogP contribution in [0.2, 0.25) is 10.0 Å². The summed E-state index contributed by atoms with van der Waals surface area (Å²) in [5, 5.41) is 14.5. The third kappa shape index (κ3) is 4.77. The Morgan fingerprint density at radius 1 is 1.22 bits per heavy atom. The summed E-state index contributed by atoms with van der Waals surface area (Å²) in [6.07, 6.45) is 1.70. The molecule has 0 bridgehead atoms. The predicted molar refractivity (Wildman–Crippen MR) is 78.2 cm³/mol. The summed E-state index contributed by atoms with van der Waals surface area (Å²) in [4.78, 5) is 0. The molecular formula is C14H21Cl2NO. The molecule has 18 heavy (non-hydrogen) atoms. The normalized spacial score (nSPS) is 13.0. The Balaban J connectivity index is 2.41. The van der Waals surface area contributed by atoms with Crippen molar-refractivity contribution < 1.29 is 5.11 Å². The fourth-order valence-electron chi connectivity index (χ4n) is 2.02. The molecule has 0 aliphatic heterocycles. The Bertz CT molecular complexity index is 367. The van der Waals surface area contributed by atoms with Crippen molar-refractivity contribution in [1.29, 1.82) is 0 Å². The van der Waals surface area contributed by atoms with Gasteiger partial charge in [0.1, 0.15) is 0 Å². The molecule has 4 heteroatoms. The Kier molecular flexibility index (Phi) is 7.02. The molecule has 0 amide bonds. The Labute approximate surface area is 119 Å². The first-order valence-corrected chi connectivity index (χ1v) is 7.16. The molecule has 1 rings (SSSR count). The Hall–Kier alpha value is -0.280. The molecule has 1 atom stereocenters. The lowest BCUT2D eigenvalue weighted by Crippen LogP contribution is -2.32. The van der Waals surface area contributed by atoms with E-state index < -0.39 is 0 Å². The van der Waals surface area contributed by atoms with Crippen LogP contribution < -0.4 is 5.32 Å². The summed E-state index contributed by atoms with van der Waals surface area (Å²) in [6, 6.07) is 5.46. The fraction of sp³-hybridized carbons (Fsp3) is 0.571. The van der Waals surface area contributed by atoms with E-state index in [1.807, 2.05) is 12.1 Å². The molecular weight excluding hydrogens is 269 g/mol. The Morgan fingerprint density at radius 3 is 2.44 bits per heavy atom. The van der Waals surface area contributed by atoms with Crippen molar-refractivity contribution >= 4 is 23.2 Å². The van der Waals surface area contributed by atoms with E-state index in [-0.39, 0.29) is 6.10 Å². The lowest BCUT2D eigenvalue weighted by atomic mass is 9.96. The van der Waals surface area contributed by atoms with E-state index in [0.29, 0.717) is 29.1 Å². The van der Waals surface area contributed by atoms with E-state index >= 15 is 0 Å². The molecule has 1 aromatic carbocycles. The molecule has 0 saturated heterocycles. The van der Waals surface area contributed by atoms with Gasteiger partial charge in [-0.15, -0.1) is 0 Å². The van der Waals surface area contributed by atoms with Gasteiger partial charge in [-0.2, -0.15) is 0 Å².